The second kappa shape index (κ2) is 8.25. The maximum atomic E-state index is 11.9. The number of amides is 1. The second-order valence-electron chi connectivity index (χ2n) is 2.81. The molecule has 8 heteroatoms. The average molecular weight is 267 g/mol. The van der Waals surface area contributed by atoms with Crippen LogP contribution in [0.2, 0.25) is 0 Å². The maximum Gasteiger partial charge on any atom is 0.433 e. The number of hydrogen-bond acceptors (Lipinski definition) is 6. The average Bonchev–Trinajstić information content (AvgIpc) is 2.28. The fourth-order valence-electron chi connectivity index (χ4n) is 0.939. The lowest BCUT2D eigenvalue weighted by Gasteiger charge is -2.13. The highest BCUT2D eigenvalue weighted by atomic mass is 31.2. The Morgan fingerprint density at radius 2 is 1.88 bits per heavy atom. The molecule has 7 nitrogen and oxygen atoms in total. The van der Waals surface area contributed by atoms with E-state index in [4.69, 9.17) is 14.3 Å². The summed E-state index contributed by atoms with van der Waals surface area (Å²) < 4.78 is 26.1. The third kappa shape index (κ3) is 6.43. The Balaban J connectivity index is 4.36. The Hall–Kier alpha value is -0.880. The number of carbonyl (C=O) groups excluding carboxylic acids is 1. The van der Waals surface area contributed by atoms with E-state index >= 15 is 0 Å². The van der Waals surface area contributed by atoms with E-state index < -0.39 is 13.7 Å². The van der Waals surface area contributed by atoms with E-state index in [2.05, 4.69) is 4.74 Å². The van der Waals surface area contributed by atoms with Crippen molar-refractivity contribution in [2.45, 2.75) is 13.8 Å². The molecule has 0 aromatic carbocycles. The molecule has 0 fully saturated rings. The molecule has 0 aromatic rings. The summed E-state index contributed by atoms with van der Waals surface area (Å²) in [5, 5.41) is 9.44. The van der Waals surface area contributed by atoms with E-state index in [1.807, 2.05) is 0 Å². The van der Waals surface area contributed by atoms with Gasteiger partial charge in [0, 0.05) is 5.82 Å². The van der Waals surface area contributed by atoms with E-state index in [9.17, 15) is 9.36 Å². The van der Waals surface area contributed by atoms with Crippen molar-refractivity contribution in [2.75, 3.05) is 26.9 Å². The molecule has 100 valence electrons. The Kier molecular flexibility index (Phi) is 7.82. The van der Waals surface area contributed by atoms with Gasteiger partial charge in [0.2, 0.25) is 0 Å². The van der Waals surface area contributed by atoms with Crippen LogP contribution in [0, 0.1) is 0 Å². The molecule has 0 aliphatic carbocycles. The maximum absolute atomic E-state index is 11.9. The molecule has 0 saturated carbocycles. The number of methoxy groups -OCH3 is 1. The first-order valence-corrected chi connectivity index (χ1v) is 6.71. The lowest BCUT2D eigenvalue weighted by Crippen LogP contribution is -2.27. The topological polar surface area (TPSA) is 85.3 Å². The fraction of sp³-hybridized carbons (Fsp3) is 0.667. The van der Waals surface area contributed by atoms with Gasteiger partial charge in [0.15, 0.2) is 0 Å². The first kappa shape index (κ1) is 16.1. The van der Waals surface area contributed by atoms with Gasteiger partial charge in [0.05, 0.1) is 26.9 Å². The molecule has 0 unspecified atom stereocenters. The minimum Gasteiger partial charge on any atom is -0.451 e. The largest absolute Gasteiger partial charge is 0.451 e. The number of rotatable bonds is 7. The predicted molar refractivity (Wildman–Crippen MR) is 60.9 cm³/mol. The summed E-state index contributed by atoms with van der Waals surface area (Å²) >= 11 is 0. The molecule has 17 heavy (non-hydrogen) atoms. The third-order valence-electron chi connectivity index (χ3n) is 1.57. The van der Waals surface area contributed by atoms with E-state index in [1.165, 1.54) is 11.9 Å². The van der Waals surface area contributed by atoms with Crippen molar-refractivity contribution in [1.29, 1.82) is 0 Å². The number of hydroxylamine groups is 2. The summed E-state index contributed by atoms with van der Waals surface area (Å²) in [6.07, 6.45) is 0.403. The first-order valence-electron chi connectivity index (χ1n) is 5.10. The van der Waals surface area contributed by atoms with Gasteiger partial charge in [-0.05, 0) is 13.8 Å². The molecule has 1 N–H and O–H groups in total. The lowest BCUT2D eigenvalue weighted by atomic mass is 10.6. The van der Waals surface area contributed by atoms with Crippen LogP contribution in [0.4, 0.5) is 4.79 Å². The molecule has 0 heterocycles. The molecule has 0 aliphatic heterocycles. The molecule has 0 aromatic heterocycles. The highest BCUT2D eigenvalue weighted by Crippen LogP contribution is 2.49. The van der Waals surface area contributed by atoms with Crippen molar-refractivity contribution in [3.8, 4) is 0 Å². The number of ether oxygens (including phenoxy) is 1. The van der Waals surface area contributed by atoms with Crippen LogP contribution in [0.1, 0.15) is 13.8 Å². The molecular formula is C9H18NO6P. The number of nitrogens with zero attached hydrogens (tertiary/aromatic N) is 1. The third-order valence-corrected chi connectivity index (χ3v) is 3.38. The van der Waals surface area contributed by atoms with Crippen molar-refractivity contribution < 1.29 is 28.4 Å². The smallest absolute Gasteiger partial charge is 0.433 e. The van der Waals surface area contributed by atoms with Crippen molar-refractivity contribution in [3.63, 3.8) is 0 Å². The van der Waals surface area contributed by atoms with Gasteiger partial charge in [0.1, 0.15) is 0 Å². The Labute approximate surface area is 100 Å². The van der Waals surface area contributed by atoms with Gasteiger partial charge in [-0.25, -0.2) is 4.79 Å². The van der Waals surface area contributed by atoms with Gasteiger partial charge < -0.3 is 13.8 Å². The van der Waals surface area contributed by atoms with E-state index in [1.54, 1.807) is 13.8 Å². The molecule has 0 bridgehead atoms. The lowest BCUT2D eigenvalue weighted by molar-refractivity contribution is -0.0599. The monoisotopic (exact) mass is 267 g/mol. The SMILES string of the molecule is CCOP(=O)(/C=C/CN(O)C(=O)OC)OCC. The van der Waals surface area contributed by atoms with Crippen molar-refractivity contribution in [2.24, 2.45) is 0 Å². The van der Waals surface area contributed by atoms with Crippen LogP contribution in [0.5, 0.6) is 0 Å². The van der Waals surface area contributed by atoms with E-state index in [0.717, 1.165) is 7.11 Å². The summed E-state index contributed by atoms with van der Waals surface area (Å²) in [5.41, 5.74) is 0. The first-order chi connectivity index (χ1) is 7.99. The van der Waals surface area contributed by atoms with Gasteiger partial charge >= 0.3 is 13.7 Å². The van der Waals surface area contributed by atoms with Gasteiger partial charge in [-0.3, -0.25) is 9.77 Å². The van der Waals surface area contributed by atoms with Crippen LogP contribution in [0.3, 0.4) is 0 Å². The molecular weight excluding hydrogens is 249 g/mol. The zero-order valence-corrected chi connectivity index (χ0v) is 11.1. The Morgan fingerprint density at radius 1 is 1.35 bits per heavy atom. The van der Waals surface area contributed by atoms with E-state index in [0.29, 0.717) is 5.06 Å². The minimum atomic E-state index is -3.28. The molecule has 0 saturated heterocycles. The summed E-state index contributed by atoms with van der Waals surface area (Å²) in [5.74, 6) is 1.20. The molecule has 0 spiro atoms. The van der Waals surface area contributed by atoms with Crippen LogP contribution in [-0.2, 0) is 18.3 Å². The van der Waals surface area contributed by atoms with E-state index in [-0.39, 0.29) is 19.8 Å². The van der Waals surface area contributed by atoms with Crippen molar-refractivity contribution >= 4 is 13.7 Å². The Morgan fingerprint density at radius 3 is 2.29 bits per heavy atom. The van der Waals surface area contributed by atoms with Crippen molar-refractivity contribution in [1.82, 2.24) is 5.06 Å². The van der Waals surface area contributed by atoms with Crippen LogP contribution >= 0.6 is 7.60 Å². The van der Waals surface area contributed by atoms with Crippen LogP contribution in [0.25, 0.3) is 0 Å². The number of hydrogen-bond donors (Lipinski definition) is 1. The zero-order valence-electron chi connectivity index (χ0n) is 10.2. The van der Waals surface area contributed by atoms with Crippen LogP contribution in [-0.4, -0.2) is 43.2 Å². The quantitative estimate of drug-likeness (QED) is 0.432. The van der Waals surface area contributed by atoms with Gasteiger partial charge in [-0.15, -0.1) is 0 Å². The minimum absolute atomic E-state index is 0.170. The molecule has 0 aliphatic rings. The van der Waals surface area contributed by atoms with Gasteiger partial charge in [-0.2, -0.15) is 5.06 Å². The van der Waals surface area contributed by atoms with Gasteiger partial charge in [-0.1, -0.05) is 6.08 Å². The second-order valence-corrected chi connectivity index (χ2v) is 4.71. The molecule has 0 rings (SSSR count). The highest BCUT2D eigenvalue weighted by Gasteiger charge is 2.19. The zero-order chi connectivity index (χ0) is 13.3. The standard InChI is InChI=1S/C9H18NO6P/c1-4-15-17(13,16-5-2)8-6-7-10(12)9(11)14-3/h6,8,12H,4-5,7H2,1-3H3/b8-6+. The fourth-order valence-corrected chi connectivity index (χ4v) is 2.26. The van der Waals surface area contributed by atoms with Crippen LogP contribution in [0.15, 0.2) is 11.9 Å². The normalized spacial score (nSPS) is 11.8. The molecule has 0 atom stereocenters. The molecule has 0 radical (unpaired) electrons. The Bertz CT molecular complexity index is 296. The summed E-state index contributed by atoms with van der Waals surface area (Å²) in [6, 6.07) is 0. The number of carbonyl (C=O) groups is 1. The van der Waals surface area contributed by atoms with Crippen molar-refractivity contribution in [3.05, 3.63) is 11.9 Å². The summed E-state index contributed by atoms with van der Waals surface area (Å²) in [7, 11) is -2.15. The highest BCUT2D eigenvalue weighted by molar-refractivity contribution is 7.57. The summed E-state index contributed by atoms with van der Waals surface area (Å²) in [6.45, 7) is 3.68. The molecule has 1 amide bonds. The van der Waals surface area contributed by atoms with Crippen LogP contribution < -0.4 is 0 Å². The van der Waals surface area contributed by atoms with Gasteiger partial charge in [0.25, 0.3) is 0 Å². The summed E-state index contributed by atoms with van der Waals surface area (Å²) in [4.78, 5) is 10.8. The predicted octanol–water partition coefficient (Wildman–Crippen LogP) is 2.22.